The van der Waals surface area contributed by atoms with Crippen LogP contribution in [-0.2, 0) is 6.42 Å². The molecular weight excluding hydrogens is 216 g/mol. The number of carbonyl (C=O) groups is 1. The van der Waals surface area contributed by atoms with Crippen molar-refractivity contribution in [3.8, 4) is 5.75 Å². The van der Waals surface area contributed by atoms with Crippen LogP contribution in [0.3, 0.4) is 0 Å². The molecule has 0 saturated carbocycles. The minimum Gasteiger partial charge on any atom is -0.493 e. The van der Waals surface area contributed by atoms with Crippen LogP contribution in [0.1, 0.15) is 21.5 Å². The molecule has 2 heterocycles. The van der Waals surface area contributed by atoms with Crippen molar-refractivity contribution in [1.82, 2.24) is 9.97 Å². The topological polar surface area (TPSA) is 52.1 Å². The second-order valence-electron chi connectivity index (χ2n) is 3.88. The van der Waals surface area contributed by atoms with Crippen molar-refractivity contribution in [3.05, 3.63) is 53.6 Å². The van der Waals surface area contributed by atoms with Crippen LogP contribution in [0, 0.1) is 0 Å². The molecule has 1 aliphatic rings. The van der Waals surface area contributed by atoms with Crippen LogP contribution in [0.5, 0.6) is 5.75 Å². The molecule has 0 fully saturated rings. The molecule has 2 aromatic rings. The second kappa shape index (κ2) is 3.97. The second-order valence-corrected chi connectivity index (χ2v) is 3.88. The van der Waals surface area contributed by atoms with Crippen LogP contribution >= 0.6 is 0 Å². The maximum absolute atomic E-state index is 12.1. The van der Waals surface area contributed by atoms with E-state index in [1.807, 2.05) is 12.1 Å². The summed E-state index contributed by atoms with van der Waals surface area (Å²) >= 11 is 0. The number of carbonyl (C=O) groups excluding carboxylic acids is 1. The Labute approximate surface area is 98.3 Å². The monoisotopic (exact) mass is 226 g/mol. The van der Waals surface area contributed by atoms with Crippen molar-refractivity contribution >= 4 is 5.78 Å². The Balaban J connectivity index is 1.97. The molecule has 0 atom stereocenters. The first kappa shape index (κ1) is 9.96. The summed E-state index contributed by atoms with van der Waals surface area (Å²) < 4.78 is 5.40. The molecule has 0 unspecified atom stereocenters. The fraction of sp³-hybridized carbons (Fsp3) is 0.154. The fourth-order valence-electron chi connectivity index (χ4n) is 1.91. The van der Waals surface area contributed by atoms with E-state index < -0.39 is 0 Å². The smallest absolute Gasteiger partial charge is 0.196 e. The van der Waals surface area contributed by atoms with Crippen LogP contribution < -0.4 is 4.74 Å². The molecule has 0 bridgehead atoms. The van der Waals surface area contributed by atoms with Crippen molar-refractivity contribution in [2.75, 3.05) is 6.61 Å². The van der Waals surface area contributed by atoms with Gasteiger partial charge >= 0.3 is 0 Å². The highest BCUT2D eigenvalue weighted by Crippen LogP contribution is 2.26. The lowest BCUT2D eigenvalue weighted by molar-refractivity contribution is 0.103. The third-order valence-corrected chi connectivity index (χ3v) is 2.77. The van der Waals surface area contributed by atoms with Crippen molar-refractivity contribution in [1.29, 1.82) is 0 Å². The van der Waals surface area contributed by atoms with Gasteiger partial charge in [0.25, 0.3) is 0 Å². The van der Waals surface area contributed by atoms with E-state index in [0.29, 0.717) is 17.7 Å². The minimum absolute atomic E-state index is 0.0553. The van der Waals surface area contributed by atoms with Gasteiger partial charge in [-0.25, -0.2) is 9.97 Å². The van der Waals surface area contributed by atoms with Crippen molar-refractivity contribution in [3.63, 3.8) is 0 Å². The van der Waals surface area contributed by atoms with Crippen LogP contribution in [-0.4, -0.2) is 22.4 Å². The number of ether oxygens (including phenoxy) is 1. The Kier molecular flexibility index (Phi) is 2.33. The van der Waals surface area contributed by atoms with Gasteiger partial charge in [0, 0.05) is 24.4 Å². The summed E-state index contributed by atoms with van der Waals surface area (Å²) in [6, 6.07) is 5.51. The van der Waals surface area contributed by atoms with Gasteiger partial charge in [-0.15, -0.1) is 0 Å². The average molecular weight is 226 g/mol. The molecule has 0 aliphatic carbocycles. The Hall–Kier alpha value is -2.23. The van der Waals surface area contributed by atoms with E-state index >= 15 is 0 Å². The lowest BCUT2D eigenvalue weighted by Crippen LogP contribution is -2.02. The first-order chi connectivity index (χ1) is 8.34. The van der Waals surface area contributed by atoms with Crippen LogP contribution in [0.25, 0.3) is 0 Å². The quantitative estimate of drug-likeness (QED) is 0.730. The maximum atomic E-state index is 12.1. The third-order valence-electron chi connectivity index (χ3n) is 2.77. The summed E-state index contributed by atoms with van der Waals surface area (Å²) in [5, 5.41) is 0. The number of aromatic nitrogens is 2. The van der Waals surface area contributed by atoms with Crippen molar-refractivity contribution in [2.45, 2.75) is 6.42 Å². The van der Waals surface area contributed by atoms with E-state index in [0.717, 1.165) is 17.7 Å². The zero-order valence-electron chi connectivity index (χ0n) is 9.09. The standard InChI is InChI=1S/C13H10N2O2/c16-13(11-6-14-8-15-7-11)10-1-2-12-9(5-10)3-4-17-12/h1-2,5-8H,3-4H2. The van der Waals surface area contributed by atoms with E-state index in [1.54, 1.807) is 6.07 Å². The lowest BCUT2D eigenvalue weighted by Gasteiger charge is -2.03. The Morgan fingerprint density at radius 2 is 2.00 bits per heavy atom. The van der Waals surface area contributed by atoms with Crippen LogP contribution in [0.2, 0.25) is 0 Å². The largest absolute Gasteiger partial charge is 0.493 e. The summed E-state index contributed by atoms with van der Waals surface area (Å²) in [4.78, 5) is 19.8. The van der Waals surface area contributed by atoms with Gasteiger partial charge in [0.2, 0.25) is 0 Å². The fourth-order valence-corrected chi connectivity index (χ4v) is 1.91. The van der Waals surface area contributed by atoms with Crippen LogP contribution in [0.4, 0.5) is 0 Å². The Bertz CT molecular complexity index is 567. The van der Waals surface area contributed by atoms with Gasteiger partial charge in [0.1, 0.15) is 12.1 Å². The molecule has 0 spiro atoms. The predicted octanol–water partition coefficient (Wildman–Crippen LogP) is 1.64. The number of hydrogen-bond acceptors (Lipinski definition) is 4. The summed E-state index contributed by atoms with van der Waals surface area (Å²) in [6.45, 7) is 0.696. The van der Waals surface area contributed by atoms with Gasteiger partial charge < -0.3 is 4.74 Å². The first-order valence-corrected chi connectivity index (χ1v) is 5.40. The van der Waals surface area contributed by atoms with E-state index in [2.05, 4.69) is 9.97 Å². The van der Waals surface area contributed by atoms with E-state index in [9.17, 15) is 4.79 Å². The number of rotatable bonds is 2. The minimum atomic E-state index is -0.0553. The van der Waals surface area contributed by atoms with Gasteiger partial charge in [-0.05, 0) is 23.8 Å². The average Bonchev–Trinajstić information content (AvgIpc) is 2.86. The molecule has 1 aromatic carbocycles. The molecule has 1 aromatic heterocycles. The molecule has 1 aliphatic heterocycles. The van der Waals surface area contributed by atoms with E-state index in [4.69, 9.17) is 4.74 Å². The first-order valence-electron chi connectivity index (χ1n) is 5.40. The van der Waals surface area contributed by atoms with E-state index in [-0.39, 0.29) is 5.78 Å². The number of ketones is 1. The number of nitrogens with zero attached hydrogens (tertiary/aromatic N) is 2. The van der Waals surface area contributed by atoms with Gasteiger partial charge in [-0.2, -0.15) is 0 Å². The Morgan fingerprint density at radius 3 is 2.82 bits per heavy atom. The molecule has 0 N–H and O–H groups in total. The molecule has 0 amide bonds. The summed E-state index contributed by atoms with van der Waals surface area (Å²) in [7, 11) is 0. The van der Waals surface area contributed by atoms with Gasteiger partial charge in [-0.3, -0.25) is 4.79 Å². The highest BCUT2D eigenvalue weighted by Gasteiger charge is 2.16. The number of hydrogen-bond donors (Lipinski definition) is 0. The Morgan fingerprint density at radius 1 is 1.18 bits per heavy atom. The molecule has 4 nitrogen and oxygen atoms in total. The number of fused-ring (bicyclic) bond motifs is 1. The molecule has 0 radical (unpaired) electrons. The third kappa shape index (κ3) is 1.78. The van der Waals surface area contributed by atoms with Crippen molar-refractivity contribution < 1.29 is 9.53 Å². The SMILES string of the molecule is O=C(c1cncnc1)c1ccc2c(c1)CCO2. The highest BCUT2D eigenvalue weighted by atomic mass is 16.5. The zero-order chi connectivity index (χ0) is 11.7. The summed E-state index contributed by atoms with van der Waals surface area (Å²) in [6.07, 6.45) is 5.33. The van der Waals surface area contributed by atoms with Gasteiger partial charge in [0.05, 0.1) is 12.2 Å². The van der Waals surface area contributed by atoms with E-state index in [1.165, 1.54) is 18.7 Å². The maximum Gasteiger partial charge on any atom is 0.196 e. The normalized spacial score (nSPS) is 12.9. The molecule has 17 heavy (non-hydrogen) atoms. The molecular formula is C13H10N2O2. The van der Waals surface area contributed by atoms with Crippen LogP contribution in [0.15, 0.2) is 36.9 Å². The summed E-state index contributed by atoms with van der Waals surface area (Å²) in [5.41, 5.74) is 2.25. The van der Waals surface area contributed by atoms with Crippen molar-refractivity contribution in [2.24, 2.45) is 0 Å². The predicted molar refractivity (Wildman–Crippen MR) is 61.1 cm³/mol. The zero-order valence-corrected chi connectivity index (χ0v) is 9.09. The molecule has 4 heteroatoms. The lowest BCUT2D eigenvalue weighted by atomic mass is 10.0. The van der Waals surface area contributed by atoms with Gasteiger partial charge in [-0.1, -0.05) is 0 Å². The van der Waals surface area contributed by atoms with Gasteiger partial charge in [0.15, 0.2) is 5.78 Å². The molecule has 3 rings (SSSR count). The molecule has 0 saturated heterocycles. The highest BCUT2D eigenvalue weighted by molar-refractivity contribution is 6.08. The number of benzene rings is 1. The summed E-state index contributed by atoms with van der Waals surface area (Å²) in [5.74, 6) is 0.825. The molecule has 84 valence electrons.